The van der Waals surface area contributed by atoms with E-state index in [4.69, 9.17) is 4.42 Å². The lowest BCUT2D eigenvalue weighted by Crippen LogP contribution is -2.30. The van der Waals surface area contributed by atoms with E-state index < -0.39 is 24.2 Å². The number of nitrogens with one attached hydrogen (secondary N) is 1. The maximum Gasteiger partial charge on any atom is 0.574 e. The summed E-state index contributed by atoms with van der Waals surface area (Å²) in [4.78, 5) is 25.2. The molecule has 166 valence electrons. The van der Waals surface area contributed by atoms with Gasteiger partial charge in [0.1, 0.15) is 5.76 Å². The van der Waals surface area contributed by atoms with Crippen molar-refractivity contribution < 1.29 is 27.1 Å². The van der Waals surface area contributed by atoms with Crippen LogP contribution in [-0.2, 0) is 6.42 Å². The molecule has 1 atom stereocenters. The number of hydrogen-bond acceptors (Lipinski definition) is 6. The van der Waals surface area contributed by atoms with Crippen molar-refractivity contribution in [3.8, 4) is 17.3 Å². The molecule has 0 bridgehead atoms. The zero-order chi connectivity index (χ0) is 22.3. The molecule has 3 aromatic heterocycles. The van der Waals surface area contributed by atoms with E-state index in [0.29, 0.717) is 24.0 Å². The Hall–Kier alpha value is -3.43. The molecule has 0 saturated heterocycles. The minimum absolute atomic E-state index is 0.00863. The molecule has 3 heterocycles. The van der Waals surface area contributed by atoms with Crippen molar-refractivity contribution in [2.24, 2.45) is 0 Å². The predicted octanol–water partition coefficient (Wildman–Crippen LogP) is 4.72. The fraction of sp³-hybridized carbons (Fsp3) is 0.364. The highest BCUT2D eigenvalue weighted by Crippen LogP contribution is 2.40. The van der Waals surface area contributed by atoms with E-state index >= 15 is 0 Å². The van der Waals surface area contributed by atoms with Gasteiger partial charge in [-0.2, -0.15) is 0 Å². The Kier molecular flexibility index (Phi) is 5.07. The van der Waals surface area contributed by atoms with E-state index in [1.54, 1.807) is 6.20 Å². The van der Waals surface area contributed by atoms with Gasteiger partial charge in [0.05, 0.1) is 11.7 Å². The monoisotopic (exact) mass is 444 g/mol. The number of aromatic nitrogens is 3. The first-order valence-electron chi connectivity index (χ1n) is 10.3. The van der Waals surface area contributed by atoms with Crippen LogP contribution in [0.4, 0.5) is 13.2 Å². The van der Waals surface area contributed by atoms with Crippen molar-refractivity contribution in [2.45, 2.75) is 50.4 Å². The molecule has 1 fully saturated rings. The van der Waals surface area contributed by atoms with Gasteiger partial charge in [-0.3, -0.25) is 9.78 Å². The summed E-state index contributed by atoms with van der Waals surface area (Å²) in [5, 5.41) is 2.84. The van der Waals surface area contributed by atoms with E-state index in [1.807, 2.05) is 12.1 Å². The Morgan fingerprint density at radius 3 is 2.72 bits per heavy atom. The Morgan fingerprint density at radius 1 is 1.12 bits per heavy atom. The number of carbonyl (C=O) groups is 1. The van der Waals surface area contributed by atoms with E-state index in [-0.39, 0.29) is 5.56 Å². The SMILES string of the molecule is O=C(N[C@H]1CCCc2nc(-c3ccnc(C4CC4)c3)oc21)c1ccnc(OC(F)(F)F)c1. The molecule has 0 spiro atoms. The molecule has 5 rings (SSSR count). The van der Waals surface area contributed by atoms with Crippen LogP contribution in [-0.4, -0.2) is 27.2 Å². The number of halogens is 3. The third-order valence-corrected chi connectivity index (χ3v) is 5.50. The lowest BCUT2D eigenvalue weighted by molar-refractivity contribution is -0.276. The average molecular weight is 444 g/mol. The molecular weight excluding hydrogens is 425 g/mol. The lowest BCUT2D eigenvalue weighted by Gasteiger charge is -2.21. The summed E-state index contributed by atoms with van der Waals surface area (Å²) in [6.07, 6.45) is 2.38. The number of oxazole rings is 1. The number of alkyl halides is 3. The van der Waals surface area contributed by atoms with Gasteiger partial charge in [0.2, 0.25) is 11.8 Å². The van der Waals surface area contributed by atoms with Crippen LogP contribution >= 0.6 is 0 Å². The van der Waals surface area contributed by atoms with Gasteiger partial charge in [0.25, 0.3) is 5.91 Å². The van der Waals surface area contributed by atoms with Gasteiger partial charge in [-0.25, -0.2) is 9.97 Å². The van der Waals surface area contributed by atoms with Crippen molar-refractivity contribution in [3.63, 3.8) is 0 Å². The topological polar surface area (TPSA) is 90.1 Å². The predicted molar refractivity (Wildman–Crippen MR) is 106 cm³/mol. The summed E-state index contributed by atoms with van der Waals surface area (Å²) >= 11 is 0. The summed E-state index contributed by atoms with van der Waals surface area (Å²) in [6, 6.07) is 5.68. The molecule has 0 aliphatic heterocycles. The molecule has 1 amide bonds. The Morgan fingerprint density at radius 2 is 1.94 bits per heavy atom. The lowest BCUT2D eigenvalue weighted by atomic mass is 9.97. The summed E-state index contributed by atoms with van der Waals surface area (Å²) < 4.78 is 47.2. The maximum atomic E-state index is 12.7. The highest BCUT2D eigenvalue weighted by atomic mass is 19.4. The van der Waals surface area contributed by atoms with Gasteiger partial charge in [0.15, 0.2) is 0 Å². The van der Waals surface area contributed by atoms with Gasteiger partial charge in [-0.05, 0) is 50.3 Å². The van der Waals surface area contributed by atoms with Crippen LogP contribution in [0.1, 0.15) is 65.1 Å². The van der Waals surface area contributed by atoms with Crippen molar-refractivity contribution in [2.75, 3.05) is 0 Å². The summed E-state index contributed by atoms with van der Waals surface area (Å²) in [5.74, 6) is 0.310. The minimum Gasteiger partial charge on any atom is -0.439 e. The second-order valence-corrected chi connectivity index (χ2v) is 7.92. The van der Waals surface area contributed by atoms with Crippen molar-refractivity contribution in [3.05, 3.63) is 59.4 Å². The number of aryl methyl sites for hydroxylation is 1. The first-order chi connectivity index (χ1) is 15.4. The fourth-order valence-electron chi connectivity index (χ4n) is 3.83. The van der Waals surface area contributed by atoms with Gasteiger partial charge in [-0.1, -0.05) is 0 Å². The van der Waals surface area contributed by atoms with E-state index in [1.165, 1.54) is 6.07 Å². The standard InChI is InChI=1S/C22H19F3N4O3/c23-22(24,25)32-18-11-13(6-9-27-18)20(30)28-15-2-1-3-16-19(15)31-21(29-16)14-7-8-26-17(10-14)12-4-5-12/h6-12,15H,1-5H2,(H,28,30)/t15-/m0/s1. The average Bonchev–Trinajstić information content (AvgIpc) is 3.51. The molecule has 2 aliphatic rings. The van der Waals surface area contributed by atoms with Crippen LogP contribution in [0.15, 0.2) is 41.1 Å². The van der Waals surface area contributed by atoms with Crippen LogP contribution in [0.25, 0.3) is 11.5 Å². The first kappa shape index (κ1) is 20.5. The number of pyridine rings is 2. The molecule has 2 aliphatic carbocycles. The van der Waals surface area contributed by atoms with Crippen LogP contribution in [0.5, 0.6) is 5.88 Å². The second-order valence-electron chi connectivity index (χ2n) is 7.92. The van der Waals surface area contributed by atoms with Gasteiger partial charge >= 0.3 is 6.36 Å². The van der Waals surface area contributed by atoms with Gasteiger partial charge in [0, 0.05) is 41.2 Å². The molecule has 0 aromatic carbocycles. The van der Waals surface area contributed by atoms with E-state index in [2.05, 4.69) is 25.0 Å². The van der Waals surface area contributed by atoms with Gasteiger partial charge < -0.3 is 14.5 Å². The first-order valence-corrected chi connectivity index (χ1v) is 10.3. The van der Waals surface area contributed by atoms with E-state index in [9.17, 15) is 18.0 Å². The molecule has 1 N–H and O–H groups in total. The van der Waals surface area contributed by atoms with Crippen molar-refractivity contribution in [1.82, 2.24) is 20.3 Å². The zero-order valence-electron chi connectivity index (χ0n) is 16.9. The third-order valence-electron chi connectivity index (χ3n) is 5.50. The van der Waals surface area contributed by atoms with Crippen LogP contribution in [0.3, 0.4) is 0 Å². The molecule has 10 heteroatoms. The molecule has 1 saturated carbocycles. The normalized spacial score (nSPS) is 18.2. The largest absolute Gasteiger partial charge is 0.574 e. The molecule has 32 heavy (non-hydrogen) atoms. The zero-order valence-corrected chi connectivity index (χ0v) is 16.9. The minimum atomic E-state index is -4.89. The number of amides is 1. The number of rotatable bonds is 5. The van der Waals surface area contributed by atoms with Crippen LogP contribution in [0.2, 0.25) is 0 Å². The van der Waals surface area contributed by atoms with Gasteiger partial charge in [-0.15, -0.1) is 13.2 Å². The maximum absolute atomic E-state index is 12.7. The Labute approximate surface area is 181 Å². The fourth-order valence-corrected chi connectivity index (χ4v) is 3.83. The Balaban J connectivity index is 1.35. The highest BCUT2D eigenvalue weighted by Gasteiger charge is 2.33. The molecule has 3 aromatic rings. The summed E-state index contributed by atoms with van der Waals surface area (Å²) in [5.41, 5.74) is 2.65. The van der Waals surface area contributed by atoms with E-state index in [0.717, 1.165) is 54.9 Å². The molecule has 0 unspecified atom stereocenters. The van der Waals surface area contributed by atoms with Crippen LogP contribution in [0, 0.1) is 0 Å². The molecule has 7 nitrogen and oxygen atoms in total. The number of ether oxygens (including phenoxy) is 1. The number of fused-ring (bicyclic) bond motifs is 1. The summed E-state index contributed by atoms with van der Waals surface area (Å²) in [7, 11) is 0. The quantitative estimate of drug-likeness (QED) is 0.613. The second kappa shape index (κ2) is 7.92. The molecule has 0 radical (unpaired) electrons. The smallest absolute Gasteiger partial charge is 0.439 e. The molecular formula is C22H19F3N4O3. The highest BCUT2D eigenvalue weighted by molar-refractivity contribution is 5.94. The van der Waals surface area contributed by atoms with Crippen molar-refractivity contribution >= 4 is 5.91 Å². The summed E-state index contributed by atoms with van der Waals surface area (Å²) in [6.45, 7) is 0. The van der Waals surface area contributed by atoms with Crippen LogP contribution < -0.4 is 10.1 Å². The number of nitrogens with zero attached hydrogens (tertiary/aromatic N) is 3. The Bertz CT molecular complexity index is 1160. The third kappa shape index (κ3) is 4.44. The number of hydrogen-bond donors (Lipinski definition) is 1. The number of carbonyl (C=O) groups excluding carboxylic acids is 1. The van der Waals surface area contributed by atoms with Crippen molar-refractivity contribution in [1.29, 1.82) is 0 Å².